The molecule has 5 atom stereocenters. The number of fused-ring (bicyclic) bond motifs is 11. The lowest BCUT2D eigenvalue weighted by atomic mass is 9.95. The quantitative estimate of drug-likeness (QED) is 0.350. The Bertz CT molecular complexity index is 946. The number of aliphatic hydroxyl groups excluding tert-OH is 1. The van der Waals surface area contributed by atoms with Crippen molar-refractivity contribution in [1.29, 1.82) is 0 Å². The van der Waals surface area contributed by atoms with Crippen LogP contribution in [-0.2, 0) is 25.6 Å². The molecular weight excluding hydrogens is 478 g/mol. The van der Waals surface area contributed by atoms with Gasteiger partial charge in [0.1, 0.15) is 36.1 Å². The largest absolute Gasteiger partial charge is 0.487 e. The molecule has 10 heteroatoms. The van der Waals surface area contributed by atoms with Crippen LogP contribution in [0.3, 0.4) is 0 Å². The first kappa shape index (κ1) is 30.1. The van der Waals surface area contributed by atoms with Crippen LogP contribution in [0.2, 0.25) is 0 Å². The third-order valence-electron chi connectivity index (χ3n) is 6.15. The molecule has 37 heavy (non-hydrogen) atoms. The number of nitrogens with one attached hydrogen (secondary N) is 3. The molecule has 3 rings (SSSR count). The summed E-state index contributed by atoms with van der Waals surface area (Å²) in [4.78, 5) is 51.5. The van der Waals surface area contributed by atoms with E-state index in [-0.39, 0.29) is 37.0 Å². The molecule has 10 nitrogen and oxygen atoms in total. The summed E-state index contributed by atoms with van der Waals surface area (Å²) in [7, 11) is 0. The number of benzene rings is 1. The number of carbonyl (C=O) groups is 4. The van der Waals surface area contributed by atoms with E-state index < -0.39 is 54.0 Å². The van der Waals surface area contributed by atoms with Gasteiger partial charge in [0.15, 0.2) is 0 Å². The third-order valence-corrected chi connectivity index (χ3v) is 6.15. The number of carboxylic acid groups (broad SMARTS) is 1. The number of ether oxygens (including phenoxy) is 1. The average molecular weight is 520 g/mol. The Morgan fingerprint density at radius 1 is 1.00 bits per heavy atom. The van der Waals surface area contributed by atoms with Gasteiger partial charge >= 0.3 is 5.97 Å². The minimum atomic E-state index is -1.32. The van der Waals surface area contributed by atoms with Crippen molar-refractivity contribution in [2.75, 3.05) is 0 Å². The number of hydrogen-bond acceptors (Lipinski definition) is 6. The second kappa shape index (κ2) is 13.4. The summed E-state index contributed by atoms with van der Waals surface area (Å²) in [5.74, 6) is -2.95. The lowest BCUT2D eigenvalue weighted by Crippen LogP contribution is -2.61. The van der Waals surface area contributed by atoms with Gasteiger partial charge in [0.25, 0.3) is 0 Å². The van der Waals surface area contributed by atoms with Gasteiger partial charge in [-0.3, -0.25) is 14.4 Å². The second-order valence-corrected chi connectivity index (χ2v) is 10.9. The fourth-order valence-corrected chi connectivity index (χ4v) is 4.22. The Morgan fingerprint density at radius 2 is 1.62 bits per heavy atom. The van der Waals surface area contributed by atoms with Crippen LogP contribution in [0.5, 0.6) is 5.75 Å². The summed E-state index contributed by atoms with van der Waals surface area (Å²) < 4.78 is 6.16. The number of amides is 3. The van der Waals surface area contributed by atoms with Gasteiger partial charge in [-0.15, -0.1) is 0 Å². The number of rotatable bonds is 8. The highest BCUT2D eigenvalue weighted by Crippen LogP contribution is 2.21. The van der Waals surface area contributed by atoms with E-state index in [2.05, 4.69) is 16.0 Å². The Morgan fingerprint density at radius 3 is 2.14 bits per heavy atom. The van der Waals surface area contributed by atoms with E-state index in [1.165, 1.54) is 0 Å². The Hall–Kier alpha value is -3.14. The lowest BCUT2D eigenvalue weighted by Gasteiger charge is -2.33. The van der Waals surface area contributed by atoms with Crippen molar-refractivity contribution in [2.45, 2.75) is 91.1 Å². The van der Waals surface area contributed by atoms with E-state index in [1.807, 2.05) is 41.5 Å². The van der Waals surface area contributed by atoms with E-state index in [1.54, 1.807) is 24.3 Å². The zero-order valence-corrected chi connectivity index (χ0v) is 22.5. The molecule has 0 spiro atoms. The molecule has 0 aromatic heterocycles. The van der Waals surface area contributed by atoms with E-state index in [0.29, 0.717) is 11.3 Å². The maximum absolute atomic E-state index is 13.6. The third kappa shape index (κ3) is 9.03. The topological polar surface area (TPSA) is 154 Å². The number of carboxylic acids is 1. The summed E-state index contributed by atoms with van der Waals surface area (Å²) in [5, 5.41) is 28.0. The Labute approximate surface area is 218 Å². The summed E-state index contributed by atoms with van der Waals surface area (Å²) in [6.45, 7) is 11.2. The molecule has 5 N–H and O–H groups in total. The fourth-order valence-electron chi connectivity index (χ4n) is 4.22. The van der Waals surface area contributed by atoms with Crippen LogP contribution >= 0.6 is 0 Å². The molecule has 0 radical (unpaired) electrons. The van der Waals surface area contributed by atoms with Crippen molar-refractivity contribution in [3.8, 4) is 5.75 Å². The van der Waals surface area contributed by atoms with Gasteiger partial charge in [-0.1, -0.05) is 53.7 Å². The Balaban J connectivity index is 2.52. The van der Waals surface area contributed by atoms with Crippen LogP contribution in [0.1, 0.15) is 59.9 Å². The van der Waals surface area contributed by atoms with E-state index in [9.17, 15) is 29.4 Å². The van der Waals surface area contributed by atoms with Gasteiger partial charge in [0.05, 0.1) is 0 Å². The van der Waals surface area contributed by atoms with Crippen LogP contribution in [0.25, 0.3) is 0 Å². The summed E-state index contributed by atoms with van der Waals surface area (Å²) in [6, 6.07) is 3.25. The van der Waals surface area contributed by atoms with Crippen LogP contribution in [0, 0.1) is 17.8 Å². The standard InChI is InChI=1S/C27H41N3O7/c1-14(2)11-19-24(32)29-20(27(35)36)13-17-7-9-18(10-8-17)37-23(16(5)6)22(26(34)28-19)30-25(33)21(31)12-15(3)4/h7-10,14-16,19-23,31H,11-13H2,1-6H3,(H,28,34)(H,29,32)(H,30,33)(H,35,36)/t19-,20-,21?,22-,23-/m0/s1. The summed E-state index contributed by atoms with van der Waals surface area (Å²) in [6.07, 6.45) is -1.62. The van der Waals surface area contributed by atoms with Crippen molar-refractivity contribution >= 4 is 23.7 Å². The zero-order chi connectivity index (χ0) is 27.9. The Kier molecular flexibility index (Phi) is 10.9. The van der Waals surface area contributed by atoms with Crippen LogP contribution in [0.15, 0.2) is 24.3 Å². The van der Waals surface area contributed by atoms with E-state index in [4.69, 9.17) is 4.74 Å². The predicted molar refractivity (Wildman–Crippen MR) is 138 cm³/mol. The summed E-state index contributed by atoms with van der Waals surface area (Å²) >= 11 is 0. The SMILES string of the molecule is CC(C)CC(O)C(=O)N[C@@H]1C(=O)N[C@@H](CC(C)C)C(=O)N[C@H](C(=O)O)Cc2ccc(cc2)O[C@H]1C(C)C. The smallest absolute Gasteiger partial charge is 0.326 e. The van der Waals surface area contributed by atoms with Gasteiger partial charge < -0.3 is 30.9 Å². The maximum atomic E-state index is 13.6. The van der Waals surface area contributed by atoms with Crippen molar-refractivity contribution in [2.24, 2.45) is 17.8 Å². The molecule has 1 aromatic rings. The molecule has 0 saturated carbocycles. The lowest BCUT2D eigenvalue weighted by molar-refractivity contribution is -0.142. The number of hydrogen-bond donors (Lipinski definition) is 5. The van der Waals surface area contributed by atoms with Gasteiger partial charge in [-0.05, 0) is 48.3 Å². The molecular formula is C27H41N3O7. The van der Waals surface area contributed by atoms with Gasteiger partial charge in [0, 0.05) is 6.42 Å². The summed E-state index contributed by atoms with van der Waals surface area (Å²) in [5.41, 5.74) is 0.685. The molecule has 1 aromatic carbocycles. The molecule has 206 valence electrons. The minimum absolute atomic E-state index is 0.00284. The number of aliphatic carboxylic acids is 1. The highest BCUT2D eigenvalue weighted by atomic mass is 16.5. The average Bonchev–Trinajstić information content (AvgIpc) is 2.79. The molecule has 2 aliphatic heterocycles. The molecule has 2 bridgehead atoms. The molecule has 1 unspecified atom stereocenters. The van der Waals surface area contributed by atoms with E-state index in [0.717, 1.165) is 0 Å². The fraction of sp³-hybridized carbons (Fsp3) is 0.630. The van der Waals surface area contributed by atoms with Gasteiger partial charge in [-0.25, -0.2) is 4.79 Å². The van der Waals surface area contributed by atoms with Crippen LogP contribution in [-0.4, -0.2) is 64.2 Å². The van der Waals surface area contributed by atoms with Crippen LogP contribution in [0.4, 0.5) is 0 Å². The monoisotopic (exact) mass is 519 g/mol. The minimum Gasteiger partial charge on any atom is -0.487 e. The molecule has 2 heterocycles. The number of aliphatic hydroxyl groups is 1. The highest BCUT2D eigenvalue weighted by Gasteiger charge is 2.38. The van der Waals surface area contributed by atoms with E-state index >= 15 is 0 Å². The normalized spacial score (nSPS) is 23.7. The molecule has 0 saturated heterocycles. The number of carbonyl (C=O) groups excluding carboxylic acids is 3. The molecule has 2 aliphatic rings. The first-order chi connectivity index (χ1) is 17.3. The second-order valence-electron chi connectivity index (χ2n) is 10.9. The first-order valence-corrected chi connectivity index (χ1v) is 12.9. The molecule has 0 fully saturated rings. The van der Waals surface area contributed by atoms with Gasteiger partial charge in [-0.2, -0.15) is 0 Å². The van der Waals surface area contributed by atoms with Gasteiger partial charge in [0.2, 0.25) is 17.7 Å². The van der Waals surface area contributed by atoms with Crippen molar-refractivity contribution < 1.29 is 34.1 Å². The first-order valence-electron chi connectivity index (χ1n) is 12.9. The van der Waals surface area contributed by atoms with Crippen molar-refractivity contribution in [3.05, 3.63) is 29.8 Å². The highest BCUT2D eigenvalue weighted by molar-refractivity contribution is 5.94. The van der Waals surface area contributed by atoms with Crippen molar-refractivity contribution in [1.82, 2.24) is 16.0 Å². The maximum Gasteiger partial charge on any atom is 0.326 e. The van der Waals surface area contributed by atoms with Crippen LogP contribution < -0.4 is 20.7 Å². The molecule has 0 aliphatic carbocycles. The zero-order valence-electron chi connectivity index (χ0n) is 22.5. The predicted octanol–water partition coefficient (Wildman–Crippen LogP) is 1.64. The molecule has 3 amide bonds. The van der Waals surface area contributed by atoms with Crippen molar-refractivity contribution in [3.63, 3.8) is 0 Å².